The largest absolute Gasteiger partial charge is 0.301 e. The second kappa shape index (κ2) is 6.84. The van der Waals surface area contributed by atoms with Crippen molar-refractivity contribution in [3.05, 3.63) is 61.2 Å². The third-order valence-electron chi connectivity index (χ3n) is 4.58. The van der Waals surface area contributed by atoms with Gasteiger partial charge in [0.2, 0.25) is 0 Å². The van der Waals surface area contributed by atoms with Crippen molar-refractivity contribution in [2.24, 2.45) is 5.10 Å². The highest BCUT2D eigenvalue weighted by atomic mass is 16.6. The standard InChI is InChI=1S/C17H18N4O4/c1-11-5-6-13(9-12-3-2-4-15(11)12)18-19-16-8-7-14(20(22)23)10-17(16)21(24)25/h7-10,19H,2-6H2,1H3/b18-13-. The SMILES string of the molecule is CC1=C2CCCC2=C/C(=N\Nc2ccc([N+](=O)[O-])cc2[N+](=O)[O-])CC1. The molecule has 0 atom stereocenters. The number of benzene rings is 1. The average molecular weight is 342 g/mol. The third-order valence-corrected chi connectivity index (χ3v) is 4.58. The molecule has 2 aliphatic rings. The normalized spacial score (nSPS) is 18.6. The maximum atomic E-state index is 11.2. The number of nitro benzene ring substituents is 2. The number of allylic oxidation sites excluding steroid dienone is 4. The summed E-state index contributed by atoms with van der Waals surface area (Å²) >= 11 is 0. The number of non-ortho nitro benzene ring substituents is 1. The van der Waals surface area contributed by atoms with Crippen LogP contribution in [0.25, 0.3) is 0 Å². The van der Waals surface area contributed by atoms with Crippen molar-refractivity contribution in [2.75, 3.05) is 5.43 Å². The van der Waals surface area contributed by atoms with Crippen molar-refractivity contribution in [3.63, 3.8) is 0 Å². The quantitative estimate of drug-likeness (QED) is 0.640. The van der Waals surface area contributed by atoms with Crippen LogP contribution in [0.3, 0.4) is 0 Å². The summed E-state index contributed by atoms with van der Waals surface area (Å²) in [6.45, 7) is 2.14. The number of fused-ring (bicyclic) bond motifs is 1. The highest BCUT2D eigenvalue weighted by Crippen LogP contribution is 2.36. The van der Waals surface area contributed by atoms with Gasteiger partial charge in [0.25, 0.3) is 5.69 Å². The Morgan fingerprint density at radius 2 is 1.88 bits per heavy atom. The smallest absolute Gasteiger partial charge is 0.271 e. The predicted octanol–water partition coefficient (Wildman–Crippen LogP) is 4.49. The number of hydrogen-bond acceptors (Lipinski definition) is 6. The maximum Gasteiger partial charge on any atom is 0.301 e. The van der Waals surface area contributed by atoms with E-state index in [0.717, 1.165) is 43.9 Å². The van der Waals surface area contributed by atoms with Gasteiger partial charge in [-0.25, -0.2) is 0 Å². The Balaban J connectivity index is 1.86. The van der Waals surface area contributed by atoms with Crippen LogP contribution in [0.15, 0.2) is 46.1 Å². The minimum atomic E-state index is -0.658. The first-order chi connectivity index (χ1) is 12.0. The summed E-state index contributed by atoms with van der Waals surface area (Å²) in [5, 5.41) is 26.3. The van der Waals surface area contributed by atoms with Gasteiger partial charge in [-0.1, -0.05) is 5.57 Å². The molecule has 3 rings (SSSR count). The predicted molar refractivity (Wildman–Crippen MR) is 94.7 cm³/mol. The van der Waals surface area contributed by atoms with Crippen LogP contribution in [0.5, 0.6) is 0 Å². The molecule has 1 saturated carbocycles. The molecule has 0 heterocycles. The lowest BCUT2D eigenvalue weighted by Crippen LogP contribution is -2.02. The molecule has 0 aromatic heterocycles. The molecule has 8 heteroatoms. The summed E-state index contributed by atoms with van der Waals surface area (Å²) < 4.78 is 0. The van der Waals surface area contributed by atoms with Crippen LogP contribution in [-0.4, -0.2) is 15.6 Å². The molecule has 0 saturated heterocycles. The first-order valence-electron chi connectivity index (χ1n) is 8.10. The number of nitrogens with one attached hydrogen (secondary N) is 1. The van der Waals surface area contributed by atoms with Gasteiger partial charge in [-0.15, -0.1) is 0 Å². The molecule has 1 aromatic rings. The average Bonchev–Trinajstić information content (AvgIpc) is 2.99. The van der Waals surface area contributed by atoms with Crippen LogP contribution in [0, 0.1) is 20.2 Å². The number of nitrogens with zero attached hydrogens (tertiary/aromatic N) is 3. The fraction of sp³-hybridized carbons (Fsp3) is 0.353. The van der Waals surface area contributed by atoms with E-state index >= 15 is 0 Å². The van der Waals surface area contributed by atoms with Crippen molar-refractivity contribution in [1.29, 1.82) is 0 Å². The van der Waals surface area contributed by atoms with Crippen LogP contribution < -0.4 is 5.43 Å². The molecule has 25 heavy (non-hydrogen) atoms. The number of nitro groups is 2. The van der Waals surface area contributed by atoms with E-state index in [1.54, 1.807) is 0 Å². The Morgan fingerprint density at radius 3 is 2.60 bits per heavy atom. The van der Waals surface area contributed by atoms with E-state index < -0.39 is 9.85 Å². The molecule has 8 nitrogen and oxygen atoms in total. The minimum absolute atomic E-state index is 0.141. The lowest BCUT2D eigenvalue weighted by molar-refractivity contribution is -0.393. The number of hydrogen-bond donors (Lipinski definition) is 1. The molecule has 0 spiro atoms. The molecule has 0 bridgehead atoms. The molecular formula is C17H18N4O4. The lowest BCUT2D eigenvalue weighted by Gasteiger charge is -2.05. The van der Waals surface area contributed by atoms with Gasteiger partial charge in [-0.05, 0) is 62.3 Å². The molecular weight excluding hydrogens is 324 g/mol. The van der Waals surface area contributed by atoms with E-state index in [2.05, 4.69) is 23.5 Å². The van der Waals surface area contributed by atoms with Crippen molar-refractivity contribution in [3.8, 4) is 0 Å². The molecule has 1 fully saturated rings. The van der Waals surface area contributed by atoms with Crippen LogP contribution in [0.1, 0.15) is 39.0 Å². The zero-order valence-electron chi connectivity index (χ0n) is 13.8. The summed E-state index contributed by atoms with van der Waals surface area (Å²) in [6, 6.07) is 3.48. The van der Waals surface area contributed by atoms with Gasteiger partial charge in [0.15, 0.2) is 0 Å². The third kappa shape index (κ3) is 3.57. The fourth-order valence-corrected chi connectivity index (χ4v) is 3.25. The molecule has 0 amide bonds. The van der Waals surface area contributed by atoms with E-state index in [-0.39, 0.29) is 17.1 Å². The molecule has 1 aromatic carbocycles. The summed E-state index contributed by atoms with van der Waals surface area (Å²) in [7, 11) is 0. The summed E-state index contributed by atoms with van der Waals surface area (Å²) in [5.41, 5.74) is 7.11. The van der Waals surface area contributed by atoms with Gasteiger partial charge in [-0.3, -0.25) is 25.7 Å². The Morgan fingerprint density at radius 1 is 1.08 bits per heavy atom. The van der Waals surface area contributed by atoms with Crippen molar-refractivity contribution < 1.29 is 9.85 Å². The van der Waals surface area contributed by atoms with E-state index in [4.69, 9.17) is 0 Å². The number of hydrazone groups is 1. The Kier molecular flexibility index (Phi) is 4.60. The molecule has 2 aliphatic carbocycles. The minimum Gasteiger partial charge on any atom is -0.271 e. The van der Waals surface area contributed by atoms with Crippen molar-refractivity contribution in [2.45, 2.75) is 39.0 Å². The van der Waals surface area contributed by atoms with Gasteiger partial charge in [-0.2, -0.15) is 5.10 Å². The van der Waals surface area contributed by atoms with Gasteiger partial charge < -0.3 is 0 Å². The summed E-state index contributed by atoms with van der Waals surface area (Å²) in [6.07, 6.45) is 7.01. The summed E-state index contributed by atoms with van der Waals surface area (Å²) in [5.74, 6) is 0. The Labute approximate surface area is 144 Å². The van der Waals surface area contributed by atoms with Crippen molar-refractivity contribution >= 4 is 22.8 Å². The van der Waals surface area contributed by atoms with Gasteiger partial charge in [0, 0.05) is 6.07 Å². The first-order valence-corrected chi connectivity index (χ1v) is 8.10. The highest BCUT2D eigenvalue weighted by molar-refractivity contribution is 5.97. The molecule has 1 N–H and O–H groups in total. The van der Waals surface area contributed by atoms with Crippen LogP contribution in [0.4, 0.5) is 17.1 Å². The van der Waals surface area contributed by atoms with Crippen LogP contribution in [0.2, 0.25) is 0 Å². The Bertz CT molecular complexity index is 839. The van der Waals surface area contributed by atoms with Gasteiger partial charge >= 0.3 is 5.69 Å². The molecule has 130 valence electrons. The van der Waals surface area contributed by atoms with Gasteiger partial charge in [0.1, 0.15) is 5.69 Å². The lowest BCUT2D eigenvalue weighted by atomic mass is 10.0. The number of rotatable bonds is 4. The zero-order valence-corrected chi connectivity index (χ0v) is 13.8. The van der Waals surface area contributed by atoms with Gasteiger partial charge in [0.05, 0.1) is 21.6 Å². The van der Waals surface area contributed by atoms with Crippen molar-refractivity contribution in [1.82, 2.24) is 0 Å². The van der Waals surface area contributed by atoms with E-state index in [9.17, 15) is 20.2 Å². The maximum absolute atomic E-state index is 11.2. The summed E-state index contributed by atoms with van der Waals surface area (Å²) in [4.78, 5) is 20.7. The van der Waals surface area contributed by atoms with E-state index in [1.807, 2.05) is 0 Å². The zero-order chi connectivity index (χ0) is 18.0. The number of anilines is 1. The monoisotopic (exact) mass is 342 g/mol. The second-order valence-corrected chi connectivity index (χ2v) is 6.21. The van der Waals surface area contributed by atoms with Crippen LogP contribution >= 0.6 is 0 Å². The van der Waals surface area contributed by atoms with E-state index in [0.29, 0.717) is 0 Å². The molecule has 0 radical (unpaired) electrons. The van der Waals surface area contributed by atoms with Crippen LogP contribution in [-0.2, 0) is 0 Å². The second-order valence-electron chi connectivity index (χ2n) is 6.21. The first kappa shape index (κ1) is 16.8. The fourth-order valence-electron chi connectivity index (χ4n) is 3.25. The highest BCUT2D eigenvalue weighted by Gasteiger charge is 2.21. The van der Waals surface area contributed by atoms with E-state index in [1.165, 1.54) is 28.9 Å². The molecule has 0 unspecified atom stereocenters. The Hall–Kier alpha value is -3.03. The topological polar surface area (TPSA) is 111 Å². The molecule has 0 aliphatic heterocycles.